The summed E-state index contributed by atoms with van der Waals surface area (Å²) in [6, 6.07) is 6.95. The predicted octanol–water partition coefficient (Wildman–Crippen LogP) is 0.849. The zero-order chi connectivity index (χ0) is 10.1. The third-order valence-corrected chi connectivity index (χ3v) is 2.19. The molecule has 1 aromatic rings. The third-order valence-electron chi connectivity index (χ3n) is 2.19. The quantitative estimate of drug-likeness (QED) is 0.407. The van der Waals surface area contributed by atoms with Gasteiger partial charge in [0, 0.05) is 6.42 Å². The van der Waals surface area contributed by atoms with Crippen LogP contribution >= 0.6 is 0 Å². The molecule has 1 aromatic carbocycles. The fourth-order valence-electron chi connectivity index (χ4n) is 1.44. The molecule has 0 radical (unpaired) electrons. The monoisotopic (exact) mass is 192 g/mol. The Labute approximate surface area is 80.1 Å². The Bertz CT molecular complexity index is 397. The Morgan fingerprint density at radius 2 is 2.14 bits per heavy atom. The van der Waals surface area contributed by atoms with Gasteiger partial charge in [0.25, 0.3) is 0 Å². The van der Waals surface area contributed by atoms with Gasteiger partial charge in [-0.3, -0.25) is 9.59 Å². The van der Waals surface area contributed by atoms with Crippen LogP contribution < -0.4 is 4.74 Å². The molecule has 0 aliphatic carbocycles. The van der Waals surface area contributed by atoms with Crippen molar-refractivity contribution in [3.63, 3.8) is 0 Å². The molecule has 4 heteroatoms. The Morgan fingerprint density at radius 1 is 1.43 bits per heavy atom. The van der Waals surface area contributed by atoms with Gasteiger partial charge in [-0.25, -0.2) is 0 Å². The number of esters is 1. The standard InChI is InChI=1S/C10H8O4/c11-9(12)7-5-6-3-1-2-4-8(6)14-10(7)13/h1-4,7H,5H2,(H,11,12)/t7-/m0/s1. The molecule has 0 bridgehead atoms. The summed E-state index contributed by atoms with van der Waals surface area (Å²) in [4.78, 5) is 21.9. The van der Waals surface area contributed by atoms with Crippen molar-refractivity contribution in [3.8, 4) is 5.75 Å². The lowest BCUT2D eigenvalue weighted by atomic mass is 9.96. The number of carbonyl (C=O) groups excluding carboxylic acids is 1. The van der Waals surface area contributed by atoms with Crippen molar-refractivity contribution in [3.05, 3.63) is 29.8 Å². The smallest absolute Gasteiger partial charge is 0.326 e. The lowest BCUT2D eigenvalue weighted by Crippen LogP contribution is -2.33. The summed E-state index contributed by atoms with van der Waals surface area (Å²) in [6.45, 7) is 0. The van der Waals surface area contributed by atoms with Gasteiger partial charge in [-0.05, 0) is 11.6 Å². The third kappa shape index (κ3) is 1.35. The van der Waals surface area contributed by atoms with Gasteiger partial charge in [-0.2, -0.15) is 0 Å². The molecule has 1 atom stereocenters. The van der Waals surface area contributed by atoms with Crippen LogP contribution in [0.1, 0.15) is 5.56 Å². The minimum absolute atomic E-state index is 0.213. The molecule has 0 unspecified atom stereocenters. The maximum Gasteiger partial charge on any atom is 0.326 e. The number of carboxylic acids is 1. The number of hydrogen-bond donors (Lipinski definition) is 1. The molecule has 0 amide bonds. The highest BCUT2D eigenvalue weighted by Gasteiger charge is 2.33. The number of para-hydroxylation sites is 1. The molecular formula is C10H8O4. The lowest BCUT2D eigenvalue weighted by molar-refractivity contribution is -0.153. The van der Waals surface area contributed by atoms with Crippen LogP contribution in [-0.4, -0.2) is 17.0 Å². The zero-order valence-electron chi connectivity index (χ0n) is 7.27. The molecule has 1 heterocycles. The van der Waals surface area contributed by atoms with E-state index in [1.54, 1.807) is 24.3 Å². The number of hydrogen-bond acceptors (Lipinski definition) is 3. The SMILES string of the molecule is O=C(O)[C@@H]1Cc2ccccc2OC1=O. The fraction of sp³-hybridized carbons (Fsp3) is 0.200. The molecule has 0 saturated heterocycles. The normalized spacial score (nSPS) is 19.7. The highest BCUT2D eigenvalue weighted by molar-refractivity contribution is 5.96. The highest BCUT2D eigenvalue weighted by Crippen LogP contribution is 2.27. The number of ether oxygens (including phenoxy) is 1. The molecule has 1 aliphatic rings. The number of fused-ring (bicyclic) bond motifs is 1. The number of aliphatic carboxylic acids is 1. The van der Waals surface area contributed by atoms with E-state index in [1.807, 2.05) is 0 Å². The number of carboxylic acid groups (broad SMARTS) is 1. The average molecular weight is 192 g/mol. The van der Waals surface area contributed by atoms with Gasteiger partial charge in [0.05, 0.1) is 0 Å². The first-order chi connectivity index (χ1) is 6.68. The largest absolute Gasteiger partial charge is 0.481 e. The first-order valence-corrected chi connectivity index (χ1v) is 4.21. The summed E-state index contributed by atoms with van der Waals surface area (Å²) in [5.74, 6) is -2.42. The van der Waals surface area contributed by atoms with Crippen molar-refractivity contribution in [2.24, 2.45) is 5.92 Å². The molecule has 14 heavy (non-hydrogen) atoms. The Hall–Kier alpha value is -1.84. The summed E-state index contributed by atoms with van der Waals surface area (Å²) >= 11 is 0. The highest BCUT2D eigenvalue weighted by atomic mass is 16.5. The number of carbonyl (C=O) groups is 2. The van der Waals surface area contributed by atoms with Crippen LogP contribution in [-0.2, 0) is 16.0 Å². The molecule has 0 saturated carbocycles. The second-order valence-electron chi connectivity index (χ2n) is 3.12. The lowest BCUT2D eigenvalue weighted by Gasteiger charge is -2.19. The van der Waals surface area contributed by atoms with Crippen molar-refractivity contribution in [2.75, 3.05) is 0 Å². The molecule has 2 rings (SSSR count). The van der Waals surface area contributed by atoms with Crippen LogP contribution in [0.2, 0.25) is 0 Å². The fourth-order valence-corrected chi connectivity index (χ4v) is 1.44. The second kappa shape index (κ2) is 3.14. The summed E-state index contributed by atoms with van der Waals surface area (Å²) in [7, 11) is 0. The molecule has 1 N–H and O–H groups in total. The van der Waals surface area contributed by atoms with Crippen molar-refractivity contribution in [2.45, 2.75) is 6.42 Å². The molecule has 1 aliphatic heterocycles. The summed E-state index contributed by atoms with van der Waals surface area (Å²) < 4.78 is 4.89. The van der Waals surface area contributed by atoms with E-state index >= 15 is 0 Å². The molecule has 0 spiro atoms. The Kier molecular flexibility index (Phi) is 1.96. The maximum absolute atomic E-state index is 11.2. The van der Waals surface area contributed by atoms with E-state index in [-0.39, 0.29) is 6.42 Å². The summed E-state index contributed by atoms with van der Waals surface area (Å²) in [5, 5.41) is 8.73. The van der Waals surface area contributed by atoms with Gasteiger partial charge >= 0.3 is 11.9 Å². The van der Waals surface area contributed by atoms with Crippen LogP contribution in [0.5, 0.6) is 5.75 Å². The van der Waals surface area contributed by atoms with Crippen molar-refractivity contribution in [1.82, 2.24) is 0 Å². The van der Waals surface area contributed by atoms with Crippen LogP contribution in [0, 0.1) is 5.92 Å². The molecular weight excluding hydrogens is 184 g/mol. The van der Waals surface area contributed by atoms with Gasteiger partial charge in [-0.15, -0.1) is 0 Å². The van der Waals surface area contributed by atoms with Gasteiger partial charge in [0.1, 0.15) is 5.75 Å². The van der Waals surface area contributed by atoms with E-state index < -0.39 is 17.9 Å². The second-order valence-corrected chi connectivity index (χ2v) is 3.12. The minimum atomic E-state index is -1.13. The topological polar surface area (TPSA) is 63.6 Å². The first kappa shape index (κ1) is 8.74. The zero-order valence-corrected chi connectivity index (χ0v) is 7.27. The van der Waals surface area contributed by atoms with Crippen molar-refractivity contribution >= 4 is 11.9 Å². The molecule has 72 valence electrons. The van der Waals surface area contributed by atoms with Gasteiger partial charge in [0.2, 0.25) is 0 Å². The number of benzene rings is 1. The van der Waals surface area contributed by atoms with E-state index in [2.05, 4.69) is 0 Å². The van der Waals surface area contributed by atoms with E-state index in [9.17, 15) is 9.59 Å². The summed E-state index contributed by atoms with van der Waals surface area (Å²) in [5.41, 5.74) is 0.763. The van der Waals surface area contributed by atoms with E-state index in [1.165, 1.54) is 0 Å². The van der Waals surface area contributed by atoms with Gasteiger partial charge in [0.15, 0.2) is 5.92 Å². The van der Waals surface area contributed by atoms with Crippen molar-refractivity contribution < 1.29 is 19.4 Å². The van der Waals surface area contributed by atoms with Crippen LogP contribution in [0.25, 0.3) is 0 Å². The van der Waals surface area contributed by atoms with Crippen LogP contribution in [0.15, 0.2) is 24.3 Å². The summed E-state index contributed by atoms with van der Waals surface area (Å²) in [6.07, 6.45) is 0.213. The van der Waals surface area contributed by atoms with E-state index in [0.717, 1.165) is 5.56 Å². The predicted molar refractivity (Wildman–Crippen MR) is 46.9 cm³/mol. The van der Waals surface area contributed by atoms with Crippen molar-refractivity contribution in [1.29, 1.82) is 0 Å². The molecule has 4 nitrogen and oxygen atoms in total. The maximum atomic E-state index is 11.2. The molecule has 0 fully saturated rings. The van der Waals surface area contributed by atoms with E-state index in [4.69, 9.17) is 9.84 Å². The Morgan fingerprint density at radius 3 is 2.86 bits per heavy atom. The minimum Gasteiger partial charge on any atom is -0.481 e. The van der Waals surface area contributed by atoms with Crippen LogP contribution in [0.3, 0.4) is 0 Å². The van der Waals surface area contributed by atoms with Gasteiger partial charge < -0.3 is 9.84 Å². The molecule has 0 aromatic heterocycles. The Balaban J connectivity index is 2.36. The van der Waals surface area contributed by atoms with Crippen LogP contribution in [0.4, 0.5) is 0 Å². The first-order valence-electron chi connectivity index (χ1n) is 4.21. The average Bonchev–Trinajstić information content (AvgIpc) is 2.16. The van der Waals surface area contributed by atoms with E-state index in [0.29, 0.717) is 5.75 Å². The number of rotatable bonds is 1. The van der Waals surface area contributed by atoms with Gasteiger partial charge in [-0.1, -0.05) is 18.2 Å².